The van der Waals surface area contributed by atoms with Crippen LogP contribution >= 0.6 is 0 Å². The van der Waals surface area contributed by atoms with Gasteiger partial charge in [0.05, 0.1) is 0 Å². The van der Waals surface area contributed by atoms with E-state index in [9.17, 15) is 0 Å². The molecule has 0 fully saturated rings. The van der Waals surface area contributed by atoms with E-state index in [1.54, 1.807) is 6.34 Å². The summed E-state index contributed by atoms with van der Waals surface area (Å²) >= 11 is 0. The van der Waals surface area contributed by atoms with E-state index in [1.807, 2.05) is 4.90 Å². The lowest BCUT2D eigenvalue weighted by Crippen LogP contribution is -2.50. The Balaban J connectivity index is 2.99. The van der Waals surface area contributed by atoms with Crippen LogP contribution in [0.1, 0.15) is 41.5 Å². The van der Waals surface area contributed by atoms with Gasteiger partial charge in [-0.15, -0.1) is 0 Å². The molecule has 0 radical (unpaired) electrons. The van der Waals surface area contributed by atoms with E-state index in [2.05, 4.69) is 51.9 Å². The molecule has 0 bridgehead atoms. The maximum Gasteiger partial charge on any atom is 0.158 e. The van der Waals surface area contributed by atoms with Gasteiger partial charge in [-0.25, -0.2) is 4.94 Å². The Kier molecular flexibility index (Phi) is 2.56. The largest absolute Gasteiger partial charge is 0.309 e. The van der Waals surface area contributed by atoms with Gasteiger partial charge in [-0.2, -0.15) is 0 Å². The van der Waals surface area contributed by atoms with Gasteiger partial charge in [0, 0.05) is 11.0 Å². The molecule has 80 valence electrons. The molecule has 0 aromatic heterocycles. The van der Waals surface area contributed by atoms with Crippen LogP contribution in [0.4, 0.5) is 0 Å². The third kappa shape index (κ3) is 2.25. The molecular formula is C10H19N3O. The van der Waals surface area contributed by atoms with E-state index in [-0.39, 0.29) is 11.0 Å². The lowest BCUT2D eigenvalue weighted by atomic mass is 9.91. The number of hydrogen-bond acceptors (Lipinski definition) is 4. The number of rotatable bonds is 0. The van der Waals surface area contributed by atoms with Crippen molar-refractivity contribution in [3.63, 3.8) is 0 Å². The molecule has 0 N–H and O–H groups in total. The third-order valence-electron chi connectivity index (χ3n) is 1.96. The van der Waals surface area contributed by atoms with Crippen molar-refractivity contribution in [3.8, 4) is 0 Å². The van der Waals surface area contributed by atoms with Crippen LogP contribution in [0, 0.1) is 5.41 Å². The summed E-state index contributed by atoms with van der Waals surface area (Å²) in [5.41, 5.74) is -0.0703. The molecule has 0 aliphatic carbocycles. The fourth-order valence-corrected chi connectivity index (χ4v) is 1.22. The normalized spacial score (nSPS) is 17.9. The standard InChI is InChI=1S/C10H19N3O/c1-9(2,3)8-12-14-11-7-13(8)10(4,5)6/h7H,1-6H3. The predicted molar refractivity (Wildman–Crippen MR) is 58.1 cm³/mol. The fourth-order valence-electron chi connectivity index (χ4n) is 1.22. The predicted octanol–water partition coefficient (Wildman–Crippen LogP) is 2.42. The highest BCUT2D eigenvalue weighted by Gasteiger charge is 2.33. The molecule has 4 heteroatoms. The number of nitrogens with zero attached hydrogens (tertiary/aromatic N) is 3. The molecule has 4 nitrogen and oxygen atoms in total. The van der Waals surface area contributed by atoms with Gasteiger partial charge >= 0.3 is 0 Å². The Morgan fingerprint density at radius 1 is 1.14 bits per heavy atom. The Morgan fingerprint density at radius 3 is 2.07 bits per heavy atom. The average Bonchev–Trinajstić information content (AvgIpc) is 2.01. The molecule has 14 heavy (non-hydrogen) atoms. The quantitative estimate of drug-likeness (QED) is 0.598. The Hall–Kier alpha value is -1.06. The summed E-state index contributed by atoms with van der Waals surface area (Å²) in [4.78, 5) is 6.79. The molecule has 0 aromatic rings. The van der Waals surface area contributed by atoms with Crippen LogP contribution in [0.2, 0.25) is 0 Å². The summed E-state index contributed by atoms with van der Waals surface area (Å²) in [6, 6.07) is 0. The Labute approximate surface area is 85.6 Å². The molecular weight excluding hydrogens is 178 g/mol. The van der Waals surface area contributed by atoms with E-state index in [0.29, 0.717) is 0 Å². The van der Waals surface area contributed by atoms with Gasteiger partial charge in [0.15, 0.2) is 5.84 Å². The molecule has 0 aromatic carbocycles. The molecule has 1 heterocycles. The van der Waals surface area contributed by atoms with Crippen LogP contribution in [-0.4, -0.2) is 22.6 Å². The van der Waals surface area contributed by atoms with E-state index in [4.69, 9.17) is 4.94 Å². The summed E-state index contributed by atoms with van der Waals surface area (Å²) in [5.74, 6) is 0.903. The molecule has 1 rings (SSSR count). The van der Waals surface area contributed by atoms with Crippen molar-refractivity contribution in [3.05, 3.63) is 0 Å². The van der Waals surface area contributed by atoms with Crippen LogP contribution in [-0.2, 0) is 4.94 Å². The number of amidine groups is 1. The van der Waals surface area contributed by atoms with Crippen LogP contribution in [0.25, 0.3) is 0 Å². The third-order valence-corrected chi connectivity index (χ3v) is 1.96. The number of oxime groups is 2. The zero-order valence-corrected chi connectivity index (χ0v) is 9.83. The first kappa shape index (κ1) is 11.0. The van der Waals surface area contributed by atoms with Crippen molar-refractivity contribution < 1.29 is 4.94 Å². The summed E-state index contributed by atoms with van der Waals surface area (Å²) < 4.78 is 0. The summed E-state index contributed by atoms with van der Waals surface area (Å²) in [5, 5.41) is 7.70. The highest BCUT2D eigenvalue weighted by atomic mass is 16.8. The van der Waals surface area contributed by atoms with Crippen molar-refractivity contribution in [1.29, 1.82) is 0 Å². The topological polar surface area (TPSA) is 37.2 Å². The highest BCUT2D eigenvalue weighted by molar-refractivity contribution is 5.96. The first-order valence-corrected chi connectivity index (χ1v) is 4.80. The molecule has 0 amide bonds. The van der Waals surface area contributed by atoms with E-state index in [0.717, 1.165) is 5.84 Å². The lowest BCUT2D eigenvalue weighted by molar-refractivity contribution is 0.126. The maximum atomic E-state index is 4.75. The molecule has 1 aliphatic rings. The molecule has 1 aliphatic heterocycles. The first-order valence-electron chi connectivity index (χ1n) is 4.80. The Bertz CT molecular complexity index is 268. The van der Waals surface area contributed by atoms with Gasteiger partial charge < -0.3 is 4.90 Å². The van der Waals surface area contributed by atoms with Crippen molar-refractivity contribution >= 4 is 12.2 Å². The zero-order chi connectivity index (χ0) is 11.0. The first-order chi connectivity index (χ1) is 6.23. The van der Waals surface area contributed by atoms with Gasteiger partial charge in [0.25, 0.3) is 0 Å². The highest BCUT2D eigenvalue weighted by Crippen LogP contribution is 2.25. The lowest BCUT2D eigenvalue weighted by Gasteiger charge is -2.39. The van der Waals surface area contributed by atoms with Crippen molar-refractivity contribution in [2.75, 3.05) is 0 Å². The second kappa shape index (κ2) is 3.26. The van der Waals surface area contributed by atoms with Crippen LogP contribution < -0.4 is 0 Å². The summed E-state index contributed by atoms with van der Waals surface area (Å²) in [6.07, 6.45) is 1.69. The van der Waals surface area contributed by atoms with Gasteiger partial charge in [-0.1, -0.05) is 20.8 Å². The maximum absolute atomic E-state index is 4.75. The molecule has 0 unspecified atom stereocenters. The van der Waals surface area contributed by atoms with Gasteiger partial charge in [-0.3, -0.25) is 0 Å². The van der Waals surface area contributed by atoms with E-state index < -0.39 is 0 Å². The summed E-state index contributed by atoms with van der Waals surface area (Å²) in [6.45, 7) is 12.7. The molecule has 0 atom stereocenters. The minimum absolute atomic E-state index is 0.0284. The molecule has 0 spiro atoms. The van der Waals surface area contributed by atoms with Crippen molar-refractivity contribution in [1.82, 2.24) is 4.90 Å². The average molecular weight is 197 g/mol. The monoisotopic (exact) mass is 197 g/mol. The molecule has 0 saturated carbocycles. The SMILES string of the molecule is CC(C)(C)C1=NON=CN1C(C)(C)C. The van der Waals surface area contributed by atoms with Crippen LogP contribution in [0.5, 0.6) is 0 Å². The number of hydrogen-bond donors (Lipinski definition) is 0. The second-order valence-electron chi connectivity index (χ2n) is 5.51. The minimum Gasteiger partial charge on any atom is -0.309 e. The summed E-state index contributed by atoms with van der Waals surface area (Å²) in [7, 11) is 0. The van der Waals surface area contributed by atoms with Crippen molar-refractivity contribution in [2.45, 2.75) is 47.1 Å². The van der Waals surface area contributed by atoms with E-state index >= 15 is 0 Å². The van der Waals surface area contributed by atoms with Gasteiger partial charge in [-0.05, 0) is 31.1 Å². The van der Waals surface area contributed by atoms with Gasteiger partial charge in [0.1, 0.15) is 6.34 Å². The zero-order valence-electron chi connectivity index (χ0n) is 9.83. The second-order valence-corrected chi connectivity index (χ2v) is 5.51. The van der Waals surface area contributed by atoms with Crippen molar-refractivity contribution in [2.24, 2.45) is 15.7 Å². The smallest absolute Gasteiger partial charge is 0.158 e. The van der Waals surface area contributed by atoms with Crippen LogP contribution in [0.3, 0.4) is 0 Å². The fraction of sp³-hybridized carbons (Fsp3) is 0.800. The van der Waals surface area contributed by atoms with Gasteiger partial charge in [0.2, 0.25) is 0 Å². The minimum atomic E-state index is -0.0419. The molecule has 0 saturated heterocycles. The van der Waals surface area contributed by atoms with Crippen LogP contribution in [0.15, 0.2) is 10.3 Å². The van der Waals surface area contributed by atoms with E-state index in [1.165, 1.54) is 0 Å². The Morgan fingerprint density at radius 2 is 1.71 bits per heavy atom.